The molecule has 0 saturated heterocycles. The summed E-state index contributed by atoms with van der Waals surface area (Å²) in [7, 11) is 0. The van der Waals surface area contributed by atoms with E-state index >= 15 is 0 Å². The molecule has 4 nitrogen and oxygen atoms in total. The van der Waals surface area contributed by atoms with Crippen LogP contribution < -0.4 is 5.43 Å². The largest absolute Gasteiger partial charge is 0.469 e. The predicted octanol–water partition coefficient (Wildman–Crippen LogP) is 4.47. The number of furan rings is 1. The summed E-state index contributed by atoms with van der Waals surface area (Å²) in [5.41, 5.74) is 6.20. The maximum absolute atomic E-state index is 12.0. The van der Waals surface area contributed by atoms with E-state index in [1.165, 1.54) is 31.1 Å². The van der Waals surface area contributed by atoms with Crippen LogP contribution >= 0.6 is 0 Å². The number of hydrogen-bond donors (Lipinski definition) is 1. The molecule has 0 radical (unpaired) electrons. The van der Waals surface area contributed by atoms with E-state index in [4.69, 9.17) is 4.42 Å². The first-order chi connectivity index (χ1) is 11.1. The van der Waals surface area contributed by atoms with E-state index in [2.05, 4.69) is 41.7 Å². The maximum Gasteiger partial charge on any atom is 0.274 e. The monoisotopic (exact) mass is 312 g/mol. The Labute approximate surface area is 137 Å². The molecule has 1 aromatic heterocycles. The van der Waals surface area contributed by atoms with Crippen LogP contribution in [0.2, 0.25) is 0 Å². The summed E-state index contributed by atoms with van der Waals surface area (Å²) in [6.07, 6.45) is 6.34. The average Bonchev–Trinajstić information content (AvgIpc) is 2.99. The Bertz CT molecular complexity index is 669. The van der Waals surface area contributed by atoms with Gasteiger partial charge in [0.25, 0.3) is 5.91 Å². The summed E-state index contributed by atoms with van der Waals surface area (Å²) in [5.74, 6) is 0.332. The highest BCUT2D eigenvalue weighted by molar-refractivity contribution is 6.01. The second-order valence-electron chi connectivity index (χ2n) is 5.68. The Morgan fingerprint density at radius 3 is 2.52 bits per heavy atom. The predicted molar refractivity (Wildman–Crippen MR) is 92.8 cm³/mol. The number of aryl methyl sites for hydroxylation is 2. The van der Waals surface area contributed by atoms with Crippen molar-refractivity contribution < 1.29 is 9.21 Å². The van der Waals surface area contributed by atoms with Crippen LogP contribution in [0.3, 0.4) is 0 Å². The zero-order valence-electron chi connectivity index (χ0n) is 14.1. The maximum atomic E-state index is 12.0. The van der Waals surface area contributed by atoms with Gasteiger partial charge in [-0.3, -0.25) is 4.79 Å². The van der Waals surface area contributed by atoms with Gasteiger partial charge in [0, 0.05) is 0 Å². The molecular formula is C19H24N2O2. The summed E-state index contributed by atoms with van der Waals surface area (Å²) in [6.45, 7) is 5.85. The fraction of sp³-hybridized carbons (Fsp3) is 0.368. The van der Waals surface area contributed by atoms with Gasteiger partial charge in [-0.1, -0.05) is 44.0 Å². The van der Waals surface area contributed by atoms with Gasteiger partial charge in [-0.25, -0.2) is 5.43 Å². The molecule has 0 atom stereocenters. The molecule has 0 bridgehead atoms. The highest BCUT2D eigenvalue weighted by Gasteiger charge is 2.10. The minimum atomic E-state index is -0.258. The zero-order valence-corrected chi connectivity index (χ0v) is 14.1. The molecule has 1 aromatic carbocycles. The molecule has 1 heterocycles. The van der Waals surface area contributed by atoms with Crippen molar-refractivity contribution in [3.8, 4) is 0 Å². The number of nitrogens with one attached hydrogen (secondary N) is 1. The Hall–Kier alpha value is -2.36. The molecule has 1 N–H and O–H groups in total. The van der Waals surface area contributed by atoms with Crippen LogP contribution in [-0.4, -0.2) is 11.6 Å². The van der Waals surface area contributed by atoms with Crippen LogP contribution in [0.15, 0.2) is 46.1 Å². The average molecular weight is 312 g/mol. The fourth-order valence-corrected chi connectivity index (χ4v) is 2.37. The van der Waals surface area contributed by atoms with Crippen molar-refractivity contribution in [2.24, 2.45) is 5.10 Å². The number of hydrogen-bond acceptors (Lipinski definition) is 3. The SMILES string of the molecule is CCCCCc1ccc(/C(C)=N\NC(=O)c2ccoc2C)cc1. The minimum Gasteiger partial charge on any atom is -0.469 e. The van der Waals surface area contributed by atoms with Crippen LogP contribution in [-0.2, 0) is 6.42 Å². The van der Waals surface area contributed by atoms with Gasteiger partial charge in [-0.2, -0.15) is 5.10 Å². The molecule has 0 saturated carbocycles. The summed E-state index contributed by atoms with van der Waals surface area (Å²) in [5, 5.41) is 4.17. The second-order valence-corrected chi connectivity index (χ2v) is 5.68. The Morgan fingerprint density at radius 2 is 1.91 bits per heavy atom. The van der Waals surface area contributed by atoms with E-state index in [0.717, 1.165) is 17.7 Å². The highest BCUT2D eigenvalue weighted by Crippen LogP contribution is 2.10. The van der Waals surface area contributed by atoms with Gasteiger partial charge in [0.2, 0.25) is 0 Å². The molecule has 2 aromatic rings. The van der Waals surface area contributed by atoms with Crippen LogP contribution in [0.1, 0.15) is 60.4 Å². The quantitative estimate of drug-likeness (QED) is 0.466. The molecule has 1 amide bonds. The van der Waals surface area contributed by atoms with E-state index in [1.54, 1.807) is 13.0 Å². The van der Waals surface area contributed by atoms with Gasteiger partial charge >= 0.3 is 0 Å². The van der Waals surface area contributed by atoms with Crippen molar-refractivity contribution in [3.05, 3.63) is 59.0 Å². The van der Waals surface area contributed by atoms with Crippen molar-refractivity contribution >= 4 is 11.6 Å². The minimum absolute atomic E-state index is 0.258. The normalized spacial score (nSPS) is 11.5. The number of hydrazone groups is 1. The molecule has 0 aliphatic heterocycles. The van der Waals surface area contributed by atoms with Gasteiger partial charge < -0.3 is 4.42 Å². The van der Waals surface area contributed by atoms with E-state index < -0.39 is 0 Å². The summed E-state index contributed by atoms with van der Waals surface area (Å²) >= 11 is 0. The van der Waals surface area contributed by atoms with Crippen molar-refractivity contribution in [1.29, 1.82) is 0 Å². The third kappa shape index (κ3) is 4.81. The number of rotatable bonds is 7. The van der Waals surface area contributed by atoms with Gasteiger partial charge in [-0.15, -0.1) is 0 Å². The smallest absolute Gasteiger partial charge is 0.274 e. The van der Waals surface area contributed by atoms with E-state index in [0.29, 0.717) is 11.3 Å². The van der Waals surface area contributed by atoms with E-state index in [1.807, 2.05) is 6.92 Å². The molecule has 0 aliphatic rings. The fourth-order valence-electron chi connectivity index (χ4n) is 2.37. The van der Waals surface area contributed by atoms with Crippen molar-refractivity contribution in [2.45, 2.75) is 46.5 Å². The third-order valence-corrected chi connectivity index (χ3v) is 3.87. The first kappa shape index (κ1) is 17.0. The molecule has 2 rings (SSSR count). The van der Waals surface area contributed by atoms with E-state index in [-0.39, 0.29) is 5.91 Å². The van der Waals surface area contributed by atoms with Gasteiger partial charge in [0.05, 0.1) is 17.5 Å². The number of unbranched alkanes of at least 4 members (excludes halogenated alkanes) is 2. The molecule has 122 valence electrons. The Balaban J connectivity index is 1.95. The second kappa shape index (κ2) is 8.32. The van der Waals surface area contributed by atoms with Crippen molar-refractivity contribution in [3.63, 3.8) is 0 Å². The number of benzene rings is 1. The summed E-state index contributed by atoms with van der Waals surface area (Å²) in [6, 6.07) is 10.0. The van der Waals surface area contributed by atoms with Crippen LogP contribution in [0.5, 0.6) is 0 Å². The lowest BCUT2D eigenvalue weighted by atomic mass is 10.0. The molecule has 0 spiro atoms. The lowest BCUT2D eigenvalue weighted by Gasteiger charge is -2.05. The summed E-state index contributed by atoms with van der Waals surface area (Å²) in [4.78, 5) is 12.0. The number of carbonyl (C=O) groups is 1. The first-order valence-electron chi connectivity index (χ1n) is 8.10. The lowest BCUT2D eigenvalue weighted by Crippen LogP contribution is -2.19. The van der Waals surface area contributed by atoms with Gasteiger partial charge in [0.1, 0.15) is 5.76 Å². The first-order valence-corrected chi connectivity index (χ1v) is 8.10. The number of amides is 1. The van der Waals surface area contributed by atoms with Crippen LogP contribution in [0, 0.1) is 6.92 Å². The zero-order chi connectivity index (χ0) is 16.7. The molecule has 4 heteroatoms. The molecule has 0 fully saturated rings. The third-order valence-electron chi connectivity index (χ3n) is 3.87. The molecule has 0 aliphatic carbocycles. The van der Waals surface area contributed by atoms with Crippen molar-refractivity contribution in [2.75, 3.05) is 0 Å². The number of carbonyl (C=O) groups excluding carboxylic acids is 1. The van der Waals surface area contributed by atoms with Crippen LogP contribution in [0.25, 0.3) is 0 Å². The molecule has 0 unspecified atom stereocenters. The molecule has 23 heavy (non-hydrogen) atoms. The lowest BCUT2D eigenvalue weighted by molar-refractivity contribution is 0.0953. The van der Waals surface area contributed by atoms with Crippen molar-refractivity contribution in [1.82, 2.24) is 5.43 Å². The topological polar surface area (TPSA) is 54.6 Å². The summed E-state index contributed by atoms with van der Waals surface area (Å²) < 4.78 is 5.12. The standard InChI is InChI=1S/C19H24N2O2/c1-4-5-6-7-16-8-10-17(11-9-16)14(2)20-21-19(22)18-12-13-23-15(18)3/h8-13H,4-7H2,1-3H3,(H,21,22)/b20-14-. The van der Waals surface area contributed by atoms with Gasteiger partial charge in [0.15, 0.2) is 0 Å². The molecular weight excluding hydrogens is 288 g/mol. The Morgan fingerprint density at radius 1 is 1.17 bits per heavy atom. The number of nitrogens with zero attached hydrogens (tertiary/aromatic N) is 1. The highest BCUT2D eigenvalue weighted by atomic mass is 16.3. The van der Waals surface area contributed by atoms with Gasteiger partial charge in [-0.05, 0) is 43.9 Å². The van der Waals surface area contributed by atoms with E-state index in [9.17, 15) is 4.79 Å². The Kier molecular flexibility index (Phi) is 6.15. The van der Waals surface area contributed by atoms with Crippen LogP contribution in [0.4, 0.5) is 0 Å².